The van der Waals surface area contributed by atoms with E-state index >= 15 is 0 Å². The Labute approximate surface area is 198 Å². The van der Waals surface area contributed by atoms with Crippen molar-refractivity contribution in [3.05, 3.63) is 39.6 Å². The van der Waals surface area contributed by atoms with Gasteiger partial charge in [0, 0.05) is 44.0 Å². The van der Waals surface area contributed by atoms with Crippen LogP contribution in [0, 0.1) is 0 Å². The van der Waals surface area contributed by atoms with E-state index in [9.17, 15) is 0 Å². The Morgan fingerprint density at radius 1 is 1.03 bits per heavy atom. The molecule has 0 amide bonds. The first-order valence-corrected chi connectivity index (χ1v) is 9.43. The molecule has 0 aliphatic carbocycles. The van der Waals surface area contributed by atoms with Crippen molar-refractivity contribution in [1.29, 1.82) is 0 Å². The van der Waals surface area contributed by atoms with Crippen molar-refractivity contribution < 1.29 is 14.2 Å². The molecule has 2 N–H and O–H groups in total. The van der Waals surface area contributed by atoms with Crippen LogP contribution in [0.25, 0.3) is 0 Å². The van der Waals surface area contributed by atoms with Crippen LogP contribution in [0.5, 0.6) is 17.2 Å². The van der Waals surface area contributed by atoms with Gasteiger partial charge in [-0.05, 0) is 12.5 Å². The summed E-state index contributed by atoms with van der Waals surface area (Å²) in [5.41, 5.74) is 1.91. The summed E-state index contributed by atoms with van der Waals surface area (Å²) in [6, 6.07) is 5.51. The second-order valence-electron chi connectivity index (χ2n) is 5.95. The first-order valence-electron chi connectivity index (χ1n) is 8.68. The Morgan fingerprint density at radius 2 is 1.66 bits per heavy atom. The summed E-state index contributed by atoms with van der Waals surface area (Å²) in [6.07, 6.45) is 0.679. The lowest BCUT2D eigenvalue weighted by atomic mass is 10.1. The van der Waals surface area contributed by atoms with Crippen LogP contribution in [0.4, 0.5) is 0 Å². The zero-order chi connectivity index (χ0) is 20.7. The number of aromatic nitrogens is 1. The summed E-state index contributed by atoms with van der Waals surface area (Å²) in [6.45, 7) is 1.17. The van der Waals surface area contributed by atoms with Crippen LogP contribution in [0.15, 0.2) is 23.2 Å². The smallest absolute Gasteiger partial charge is 0.191 e. The lowest BCUT2D eigenvalue weighted by Gasteiger charge is -2.16. The Kier molecular flexibility index (Phi) is 10.8. The fourth-order valence-electron chi connectivity index (χ4n) is 2.78. The number of hydrogen-bond acceptors (Lipinski definition) is 4. The Hall–Kier alpha value is -1.52. The Bertz CT molecular complexity index is 818. The lowest BCUT2D eigenvalue weighted by Crippen LogP contribution is -2.38. The van der Waals surface area contributed by atoms with Gasteiger partial charge in [-0.1, -0.05) is 23.2 Å². The molecular weight excluding hydrogens is 530 g/mol. The van der Waals surface area contributed by atoms with E-state index in [1.807, 2.05) is 29.8 Å². The molecule has 0 saturated carbocycles. The van der Waals surface area contributed by atoms with Gasteiger partial charge in [0.2, 0.25) is 0 Å². The average molecular weight is 557 g/mol. The minimum atomic E-state index is 0. The van der Waals surface area contributed by atoms with Crippen LogP contribution in [-0.2, 0) is 20.0 Å². The van der Waals surface area contributed by atoms with Crippen molar-refractivity contribution in [2.24, 2.45) is 12.0 Å². The molecule has 1 aromatic heterocycles. The quantitative estimate of drug-likeness (QED) is 0.293. The number of nitrogens with one attached hydrogen (secondary N) is 2. The van der Waals surface area contributed by atoms with Crippen LogP contribution in [0.1, 0.15) is 11.3 Å². The van der Waals surface area contributed by atoms with Gasteiger partial charge in [-0.2, -0.15) is 0 Å². The number of ether oxygens (including phenoxy) is 3. The third-order valence-electron chi connectivity index (χ3n) is 4.36. The van der Waals surface area contributed by atoms with Crippen molar-refractivity contribution >= 4 is 53.1 Å². The highest BCUT2D eigenvalue weighted by Gasteiger charge is 2.14. The van der Waals surface area contributed by atoms with E-state index in [4.69, 9.17) is 37.4 Å². The SMILES string of the molecule is CN=C(NCCc1c(OC)cc(OC)cc1OC)NCc1cc(Cl)c(Cl)n1C.I. The molecule has 0 aliphatic rings. The molecule has 29 heavy (non-hydrogen) atoms. The van der Waals surface area contributed by atoms with Crippen molar-refractivity contribution in [3.8, 4) is 17.2 Å². The minimum Gasteiger partial charge on any atom is -0.496 e. The van der Waals surface area contributed by atoms with Crippen LogP contribution < -0.4 is 24.8 Å². The summed E-state index contributed by atoms with van der Waals surface area (Å²) in [7, 11) is 8.44. The van der Waals surface area contributed by atoms with Crippen molar-refractivity contribution in [1.82, 2.24) is 15.2 Å². The maximum atomic E-state index is 6.10. The molecular formula is C19H27Cl2IN4O3. The zero-order valence-corrected chi connectivity index (χ0v) is 21.0. The molecule has 1 aromatic carbocycles. The normalized spacial score (nSPS) is 10.9. The number of aliphatic imine (C=N–C) groups is 1. The molecule has 7 nitrogen and oxygen atoms in total. The second-order valence-corrected chi connectivity index (χ2v) is 6.71. The van der Waals surface area contributed by atoms with E-state index in [0.29, 0.717) is 52.9 Å². The Morgan fingerprint density at radius 3 is 2.10 bits per heavy atom. The molecule has 0 saturated heterocycles. The molecule has 0 aliphatic heterocycles. The minimum absolute atomic E-state index is 0. The number of nitrogens with zero attached hydrogens (tertiary/aromatic N) is 2. The second kappa shape index (κ2) is 12.2. The third-order valence-corrected chi connectivity index (χ3v) is 5.20. The lowest BCUT2D eigenvalue weighted by molar-refractivity contribution is 0.368. The molecule has 0 spiro atoms. The topological polar surface area (TPSA) is 69.0 Å². The van der Waals surface area contributed by atoms with E-state index < -0.39 is 0 Å². The number of guanidine groups is 1. The number of rotatable bonds is 8. The molecule has 0 unspecified atom stereocenters. The standard InChI is InChI=1S/C19H26Cl2N4O3.HI/c1-22-19(24-11-12-8-15(20)18(21)25(12)2)23-7-6-14-16(27-4)9-13(26-3)10-17(14)28-5;/h8-10H,6-7,11H2,1-5H3,(H2,22,23,24);1H. The molecule has 0 atom stereocenters. The highest BCUT2D eigenvalue weighted by atomic mass is 127. The average Bonchev–Trinajstić information content (AvgIpc) is 2.96. The summed E-state index contributed by atoms with van der Waals surface area (Å²) >= 11 is 12.2. The van der Waals surface area contributed by atoms with Gasteiger partial charge in [0.05, 0.1) is 32.9 Å². The van der Waals surface area contributed by atoms with Gasteiger partial charge in [0.1, 0.15) is 22.4 Å². The van der Waals surface area contributed by atoms with Crippen LogP contribution in [0.2, 0.25) is 10.2 Å². The van der Waals surface area contributed by atoms with Gasteiger partial charge in [0.15, 0.2) is 5.96 Å². The molecule has 0 radical (unpaired) electrons. The number of methoxy groups -OCH3 is 3. The zero-order valence-electron chi connectivity index (χ0n) is 17.1. The number of benzene rings is 1. The highest BCUT2D eigenvalue weighted by molar-refractivity contribution is 14.0. The van der Waals surface area contributed by atoms with E-state index in [1.54, 1.807) is 28.4 Å². The summed E-state index contributed by atoms with van der Waals surface area (Å²) < 4.78 is 18.1. The van der Waals surface area contributed by atoms with Crippen LogP contribution in [0.3, 0.4) is 0 Å². The fraction of sp³-hybridized carbons (Fsp3) is 0.421. The number of hydrogen-bond donors (Lipinski definition) is 2. The van der Waals surface area contributed by atoms with E-state index in [1.165, 1.54) is 0 Å². The van der Waals surface area contributed by atoms with Gasteiger partial charge >= 0.3 is 0 Å². The Balaban J connectivity index is 0.00000420. The molecule has 0 fully saturated rings. The summed E-state index contributed by atoms with van der Waals surface area (Å²) in [5, 5.41) is 7.57. The summed E-state index contributed by atoms with van der Waals surface area (Å²) in [5.74, 6) is 2.78. The molecule has 162 valence electrons. The largest absolute Gasteiger partial charge is 0.496 e. The molecule has 0 bridgehead atoms. The predicted molar refractivity (Wildman–Crippen MR) is 129 cm³/mol. The van der Waals surface area contributed by atoms with Gasteiger partial charge in [-0.25, -0.2) is 0 Å². The molecule has 2 aromatic rings. The van der Waals surface area contributed by atoms with Crippen molar-refractivity contribution in [2.45, 2.75) is 13.0 Å². The van der Waals surface area contributed by atoms with Crippen LogP contribution in [-0.4, -0.2) is 45.4 Å². The predicted octanol–water partition coefficient (Wildman–Crippen LogP) is 3.88. The molecule has 10 heteroatoms. The maximum Gasteiger partial charge on any atom is 0.191 e. The van der Waals surface area contributed by atoms with Gasteiger partial charge in [-0.15, -0.1) is 24.0 Å². The van der Waals surface area contributed by atoms with Crippen molar-refractivity contribution in [2.75, 3.05) is 34.9 Å². The van der Waals surface area contributed by atoms with Crippen LogP contribution >= 0.6 is 47.2 Å². The van der Waals surface area contributed by atoms with Gasteiger partial charge in [0.25, 0.3) is 0 Å². The van der Waals surface area contributed by atoms with E-state index in [0.717, 1.165) is 11.3 Å². The van der Waals surface area contributed by atoms with E-state index in [2.05, 4.69) is 15.6 Å². The monoisotopic (exact) mass is 556 g/mol. The fourth-order valence-corrected chi connectivity index (χ4v) is 3.20. The van der Waals surface area contributed by atoms with Gasteiger partial charge < -0.3 is 29.4 Å². The van der Waals surface area contributed by atoms with Crippen molar-refractivity contribution in [3.63, 3.8) is 0 Å². The molecule has 1 heterocycles. The number of halogens is 3. The highest BCUT2D eigenvalue weighted by Crippen LogP contribution is 2.34. The summed E-state index contributed by atoms with van der Waals surface area (Å²) in [4.78, 5) is 4.24. The van der Waals surface area contributed by atoms with E-state index in [-0.39, 0.29) is 24.0 Å². The first-order chi connectivity index (χ1) is 13.4. The first kappa shape index (κ1) is 25.5. The van der Waals surface area contributed by atoms with Gasteiger partial charge in [-0.3, -0.25) is 4.99 Å². The third kappa shape index (κ3) is 6.48. The molecule has 2 rings (SSSR count). The maximum absolute atomic E-state index is 6.10.